The number of thiophene rings is 1. The highest BCUT2D eigenvalue weighted by Crippen LogP contribution is 2.51. The van der Waals surface area contributed by atoms with Gasteiger partial charge in [-0.25, -0.2) is 4.98 Å². The molecule has 9 aromatic rings. The summed E-state index contributed by atoms with van der Waals surface area (Å²) in [6, 6.07) is 52.3. The Hall–Kier alpha value is -5.71. The van der Waals surface area contributed by atoms with Crippen molar-refractivity contribution in [1.29, 1.82) is 0 Å². The molecule has 0 unspecified atom stereocenters. The highest BCUT2D eigenvalue weighted by Gasteiger charge is 2.36. The molecule has 0 spiro atoms. The number of aromatic nitrogens is 1. The van der Waals surface area contributed by atoms with Crippen molar-refractivity contribution >= 4 is 70.4 Å². The van der Waals surface area contributed by atoms with E-state index in [1.54, 1.807) is 0 Å². The number of fused-ring (bicyclic) bond motifs is 9. The Kier molecular flexibility index (Phi) is 5.79. The van der Waals surface area contributed by atoms with Crippen molar-refractivity contribution in [3.63, 3.8) is 0 Å². The lowest BCUT2D eigenvalue weighted by atomic mass is 9.82. The van der Waals surface area contributed by atoms with Crippen LogP contribution in [0.3, 0.4) is 0 Å². The van der Waals surface area contributed by atoms with E-state index in [1.807, 2.05) is 41.7 Å². The summed E-state index contributed by atoms with van der Waals surface area (Å²) in [4.78, 5) is 7.36. The second-order valence-electron chi connectivity index (χ2n) is 13.2. The zero-order valence-corrected chi connectivity index (χ0v) is 27.4. The summed E-state index contributed by atoms with van der Waals surface area (Å²) in [7, 11) is 0. The van der Waals surface area contributed by atoms with Gasteiger partial charge in [0.15, 0.2) is 5.58 Å². The first kappa shape index (κ1) is 27.4. The molecule has 3 nitrogen and oxygen atoms in total. The molecule has 0 radical (unpaired) electrons. The van der Waals surface area contributed by atoms with Gasteiger partial charge in [-0.1, -0.05) is 105 Å². The van der Waals surface area contributed by atoms with Crippen molar-refractivity contribution in [2.45, 2.75) is 19.3 Å². The van der Waals surface area contributed by atoms with Gasteiger partial charge in [0.05, 0.1) is 11.1 Å². The summed E-state index contributed by atoms with van der Waals surface area (Å²) in [6.07, 6.45) is 0. The van der Waals surface area contributed by atoms with Crippen LogP contribution in [0.25, 0.3) is 64.6 Å². The van der Waals surface area contributed by atoms with Crippen molar-refractivity contribution in [2.75, 3.05) is 4.90 Å². The summed E-state index contributed by atoms with van der Waals surface area (Å²) in [5.74, 6) is 0.628. The van der Waals surface area contributed by atoms with E-state index < -0.39 is 0 Å². The number of hydrogen-bond acceptors (Lipinski definition) is 4. The van der Waals surface area contributed by atoms with Crippen molar-refractivity contribution in [1.82, 2.24) is 4.98 Å². The topological polar surface area (TPSA) is 29.3 Å². The van der Waals surface area contributed by atoms with Crippen LogP contribution < -0.4 is 4.90 Å². The van der Waals surface area contributed by atoms with Crippen LogP contribution >= 0.6 is 11.3 Å². The third-order valence-electron chi connectivity index (χ3n) is 10.1. The first-order valence-electron chi connectivity index (χ1n) is 16.4. The number of hydrogen-bond donors (Lipinski definition) is 0. The van der Waals surface area contributed by atoms with Gasteiger partial charge in [-0.2, -0.15) is 0 Å². The second-order valence-corrected chi connectivity index (χ2v) is 14.3. The lowest BCUT2D eigenvalue weighted by molar-refractivity contribution is 0.623. The smallest absolute Gasteiger partial charge is 0.227 e. The summed E-state index contributed by atoms with van der Waals surface area (Å²) >= 11 is 1.85. The van der Waals surface area contributed by atoms with Crippen LogP contribution in [0.5, 0.6) is 0 Å². The molecule has 0 saturated heterocycles. The van der Waals surface area contributed by atoms with E-state index in [-0.39, 0.29) is 5.41 Å². The summed E-state index contributed by atoms with van der Waals surface area (Å²) in [6.45, 7) is 4.69. The average Bonchev–Trinajstić information content (AvgIpc) is 3.79. The Bertz CT molecular complexity index is 2720. The van der Waals surface area contributed by atoms with Gasteiger partial charge in [0, 0.05) is 42.5 Å². The maximum absolute atomic E-state index is 6.65. The second kappa shape index (κ2) is 10.1. The molecule has 0 N–H and O–H groups in total. The van der Waals surface area contributed by atoms with Gasteiger partial charge in [0.25, 0.3) is 0 Å². The van der Waals surface area contributed by atoms with E-state index >= 15 is 0 Å². The minimum Gasteiger partial charge on any atom is -0.435 e. The molecular formula is C44H30N2OS. The third-order valence-corrected chi connectivity index (χ3v) is 11.2. The van der Waals surface area contributed by atoms with Gasteiger partial charge in [-0.05, 0) is 82.2 Å². The van der Waals surface area contributed by atoms with Crippen LogP contribution in [0.1, 0.15) is 25.0 Å². The SMILES string of the molecule is CC1(C)c2ccccc2-c2ccc(N(c3ccc4c(c3)sc3ccccc34)c3cccc4ccc5nc(-c6ccccc6)oc5c34)cc21. The zero-order valence-electron chi connectivity index (χ0n) is 26.6. The molecule has 10 rings (SSSR count). The molecule has 0 bridgehead atoms. The lowest BCUT2D eigenvalue weighted by Gasteiger charge is -2.29. The van der Waals surface area contributed by atoms with Gasteiger partial charge in [-0.15, -0.1) is 11.3 Å². The Balaban J connectivity index is 1.25. The van der Waals surface area contributed by atoms with Crippen molar-refractivity contribution < 1.29 is 4.42 Å². The Morgan fingerprint density at radius 1 is 0.604 bits per heavy atom. The molecule has 4 heteroatoms. The Labute approximate surface area is 282 Å². The average molecular weight is 635 g/mol. The summed E-state index contributed by atoms with van der Waals surface area (Å²) in [5, 5.41) is 4.74. The van der Waals surface area contributed by atoms with Crippen LogP contribution in [0.2, 0.25) is 0 Å². The molecule has 48 heavy (non-hydrogen) atoms. The quantitative estimate of drug-likeness (QED) is 0.193. The number of anilines is 3. The van der Waals surface area contributed by atoms with Crippen molar-refractivity contribution in [3.8, 4) is 22.6 Å². The van der Waals surface area contributed by atoms with E-state index in [2.05, 4.69) is 134 Å². The fourth-order valence-electron chi connectivity index (χ4n) is 7.74. The molecule has 0 saturated carbocycles. The fraction of sp³-hybridized carbons (Fsp3) is 0.0682. The molecule has 2 aromatic heterocycles. The number of nitrogens with zero attached hydrogens (tertiary/aromatic N) is 2. The number of oxazole rings is 1. The standard InChI is InChI=1S/C44H30N2OS/c1-44(2)35-16-8-6-14-31(35)32-22-20-29(25-36(32)44)46(30-21-23-34-33-15-7-9-18-39(33)48-40(34)26-30)38-17-10-13-27-19-24-37-42(41(27)38)47-43(45-37)28-11-4-3-5-12-28/h3-26H,1-2H3. The van der Waals surface area contributed by atoms with Gasteiger partial charge in [0.2, 0.25) is 5.89 Å². The molecule has 2 heterocycles. The molecule has 1 aliphatic carbocycles. The normalized spacial score (nSPS) is 13.4. The van der Waals surface area contributed by atoms with Crippen LogP contribution in [0.15, 0.2) is 150 Å². The van der Waals surface area contributed by atoms with Crippen molar-refractivity contribution in [2.24, 2.45) is 0 Å². The lowest BCUT2D eigenvalue weighted by Crippen LogP contribution is -2.16. The predicted octanol–water partition coefficient (Wildman–Crippen LogP) is 12.8. The van der Waals surface area contributed by atoms with Gasteiger partial charge < -0.3 is 9.32 Å². The highest BCUT2D eigenvalue weighted by atomic mass is 32.1. The van der Waals surface area contributed by atoms with E-state index in [1.165, 1.54) is 42.4 Å². The molecule has 0 atom stereocenters. The van der Waals surface area contributed by atoms with Crippen LogP contribution in [0.4, 0.5) is 17.1 Å². The molecule has 228 valence electrons. The van der Waals surface area contributed by atoms with Gasteiger partial charge in [-0.3, -0.25) is 0 Å². The third kappa shape index (κ3) is 3.96. The van der Waals surface area contributed by atoms with Crippen LogP contribution in [-0.4, -0.2) is 4.98 Å². The maximum atomic E-state index is 6.65. The van der Waals surface area contributed by atoms with E-state index in [9.17, 15) is 0 Å². The Morgan fingerprint density at radius 2 is 1.35 bits per heavy atom. The minimum atomic E-state index is -0.120. The zero-order chi connectivity index (χ0) is 32.0. The number of benzene rings is 7. The first-order chi connectivity index (χ1) is 23.5. The van der Waals surface area contributed by atoms with E-state index in [0.717, 1.165) is 44.5 Å². The van der Waals surface area contributed by atoms with Crippen LogP contribution in [-0.2, 0) is 5.41 Å². The molecule has 1 aliphatic rings. The predicted molar refractivity (Wildman–Crippen MR) is 202 cm³/mol. The summed E-state index contributed by atoms with van der Waals surface area (Å²) < 4.78 is 9.22. The Morgan fingerprint density at radius 3 is 2.27 bits per heavy atom. The summed E-state index contributed by atoms with van der Waals surface area (Å²) in [5.41, 5.74) is 11.1. The van der Waals surface area contributed by atoms with Crippen molar-refractivity contribution in [3.05, 3.63) is 157 Å². The molecule has 0 aliphatic heterocycles. The van der Waals surface area contributed by atoms with E-state index in [0.29, 0.717) is 5.89 Å². The number of rotatable bonds is 4. The van der Waals surface area contributed by atoms with Crippen LogP contribution in [0, 0.1) is 0 Å². The molecule has 0 amide bonds. The first-order valence-corrected chi connectivity index (χ1v) is 17.2. The monoisotopic (exact) mass is 634 g/mol. The largest absolute Gasteiger partial charge is 0.435 e. The molecule has 0 fully saturated rings. The fourth-order valence-corrected chi connectivity index (χ4v) is 8.88. The van der Waals surface area contributed by atoms with Gasteiger partial charge in [0.1, 0.15) is 5.52 Å². The molecular weight excluding hydrogens is 605 g/mol. The molecule has 7 aromatic carbocycles. The maximum Gasteiger partial charge on any atom is 0.227 e. The van der Waals surface area contributed by atoms with E-state index in [4.69, 9.17) is 9.40 Å². The minimum absolute atomic E-state index is 0.120. The van der Waals surface area contributed by atoms with Gasteiger partial charge >= 0.3 is 0 Å². The highest BCUT2D eigenvalue weighted by molar-refractivity contribution is 7.25.